The Hall–Kier alpha value is -1.08. The molecule has 6 nitrogen and oxygen atoms in total. The second-order valence-corrected chi connectivity index (χ2v) is 17.9. The van der Waals surface area contributed by atoms with Gasteiger partial charge in [0.05, 0.1) is 6.10 Å². The first-order valence-electron chi connectivity index (χ1n) is 12.8. The molecule has 0 aromatic rings. The molecule has 0 unspecified atom stereocenters. The standard InChI is InChI=1S/C26H49NO5Si/c1-17(2)20-13-12-18(3)14-22(20)30-23(28)21-15-19(32-33(10,11)26(7,8)9)16-27(21)24(29)31-25(4,5)6/h17-22H,12-16H2,1-11H3/t18-,19+,20+,21-,22-/m0/s1. The predicted molar refractivity (Wildman–Crippen MR) is 135 cm³/mol. The first kappa shape index (κ1) is 28.2. The van der Waals surface area contributed by atoms with Crippen molar-refractivity contribution in [3.8, 4) is 0 Å². The van der Waals surface area contributed by atoms with Crippen LogP contribution in [0.4, 0.5) is 4.79 Å². The van der Waals surface area contributed by atoms with Crippen molar-refractivity contribution in [2.24, 2.45) is 17.8 Å². The lowest BCUT2D eigenvalue weighted by Crippen LogP contribution is -2.46. The molecule has 0 radical (unpaired) electrons. The van der Waals surface area contributed by atoms with Crippen LogP contribution < -0.4 is 0 Å². The fraction of sp³-hybridized carbons (Fsp3) is 0.923. The molecule has 1 heterocycles. The minimum absolute atomic E-state index is 0.0467. The van der Waals surface area contributed by atoms with E-state index in [2.05, 4.69) is 54.6 Å². The highest BCUT2D eigenvalue weighted by molar-refractivity contribution is 6.74. The first-order valence-corrected chi connectivity index (χ1v) is 15.7. The Morgan fingerprint density at radius 2 is 1.61 bits per heavy atom. The summed E-state index contributed by atoms with van der Waals surface area (Å²) in [6, 6.07) is -0.667. The van der Waals surface area contributed by atoms with Crippen molar-refractivity contribution in [3.05, 3.63) is 0 Å². The smallest absolute Gasteiger partial charge is 0.411 e. The number of carbonyl (C=O) groups is 2. The lowest BCUT2D eigenvalue weighted by molar-refractivity contribution is -0.161. The molecule has 2 fully saturated rings. The fourth-order valence-electron chi connectivity index (χ4n) is 4.70. The van der Waals surface area contributed by atoms with Crippen LogP contribution in [0.5, 0.6) is 0 Å². The second kappa shape index (κ2) is 10.3. The van der Waals surface area contributed by atoms with Gasteiger partial charge in [-0.2, -0.15) is 0 Å². The number of rotatable bonds is 5. The zero-order chi connectivity index (χ0) is 25.4. The average Bonchev–Trinajstić information content (AvgIpc) is 3.02. The number of amides is 1. The SMILES string of the molecule is CC(C)[C@H]1CC[C@H](C)C[C@@H]1OC(=O)[C@@H]1C[C@@H](O[Si](C)(C)C(C)(C)C)CN1C(=O)OC(C)(C)C. The summed E-state index contributed by atoms with van der Waals surface area (Å²) >= 11 is 0. The van der Waals surface area contributed by atoms with E-state index in [1.165, 1.54) is 6.42 Å². The summed E-state index contributed by atoms with van der Waals surface area (Å²) in [6.07, 6.45) is 2.84. The van der Waals surface area contributed by atoms with E-state index in [1.54, 1.807) is 4.90 Å². The van der Waals surface area contributed by atoms with Gasteiger partial charge in [-0.05, 0) is 69.5 Å². The summed E-state index contributed by atoms with van der Waals surface area (Å²) in [6.45, 7) is 23.5. The molecule has 1 aliphatic heterocycles. The summed E-state index contributed by atoms with van der Waals surface area (Å²) in [7, 11) is -2.05. The Morgan fingerprint density at radius 1 is 1.00 bits per heavy atom. The Labute approximate surface area is 203 Å². The number of ether oxygens (including phenoxy) is 2. The van der Waals surface area contributed by atoms with E-state index >= 15 is 0 Å². The van der Waals surface area contributed by atoms with Gasteiger partial charge in [0.2, 0.25) is 0 Å². The number of esters is 1. The Balaban J connectivity index is 2.21. The van der Waals surface area contributed by atoms with Gasteiger partial charge in [0, 0.05) is 13.0 Å². The molecule has 0 bridgehead atoms. The maximum absolute atomic E-state index is 13.5. The van der Waals surface area contributed by atoms with Crippen molar-refractivity contribution in [1.29, 1.82) is 0 Å². The number of hydrogen-bond donors (Lipinski definition) is 0. The highest BCUT2D eigenvalue weighted by Crippen LogP contribution is 2.40. The van der Waals surface area contributed by atoms with Crippen molar-refractivity contribution < 1.29 is 23.5 Å². The van der Waals surface area contributed by atoms with Crippen molar-refractivity contribution in [2.75, 3.05) is 6.54 Å². The highest BCUT2D eigenvalue weighted by atomic mass is 28.4. The maximum atomic E-state index is 13.5. The van der Waals surface area contributed by atoms with Gasteiger partial charge < -0.3 is 13.9 Å². The molecule has 2 rings (SSSR count). The van der Waals surface area contributed by atoms with Crippen LogP contribution in [0.2, 0.25) is 18.1 Å². The molecule has 192 valence electrons. The van der Waals surface area contributed by atoms with E-state index in [1.807, 2.05) is 20.8 Å². The number of carbonyl (C=O) groups excluding carboxylic acids is 2. The lowest BCUT2D eigenvalue weighted by Gasteiger charge is -2.38. The maximum Gasteiger partial charge on any atom is 0.411 e. The van der Waals surface area contributed by atoms with Gasteiger partial charge in [-0.25, -0.2) is 9.59 Å². The van der Waals surface area contributed by atoms with Crippen LogP contribution in [-0.4, -0.2) is 55.7 Å². The van der Waals surface area contributed by atoms with Gasteiger partial charge in [0.25, 0.3) is 0 Å². The number of likely N-dealkylation sites (tertiary alicyclic amines) is 1. The Bertz CT molecular complexity index is 694. The summed E-state index contributed by atoms with van der Waals surface area (Å²) in [5, 5.41) is 0.0467. The van der Waals surface area contributed by atoms with Crippen LogP contribution in [0.15, 0.2) is 0 Å². The van der Waals surface area contributed by atoms with Gasteiger partial charge in [-0.1, -0.05) is 48.0 Å². The van der Waals surface area contributed by atoms with Crippen LogP contribution >= 0.6 is 0 Å². The van der Waals surface area contributed by atoms with Crippen molar-refractivity contribution in [3.63, 3.8) is 0 Å². The summed E-state index contributed by atoms with van der Waals surface area (Å²) in [4.78, 5) is 28.1. The van der Waals surface area contributed by atoms with E-state index in [4.69, 9.17) is 13.9 Å². The molecule has 1 saturated heterocycles. The number of nitrogens with zero attached hydrogens (tertiary/aromatic N) is 1. The molecule has 33 heavy (non-hydrogen) atoms. The summed E-state index contributed by atoms with van der Waals surface area (Å²) in [5.41, 5.74) is -0.633. The Morgan fingerprint density at radius 3 is 2.12 bits per heavy atom. The molecule has 1 amide bonds. The zero-order valence-electron chi connectivity index (χ0n) is 23.0. The minimum Gasteiger partial charge on any atom is -0.461 e. The third-order valence-corrected chi connectivity index (χ3v) is 12.2. The monoisotopic (exact) mass is 483 g/mol. The minimum atomic E-state index is -2.05. The van der Waals surface area contributed by atoms with Crippen LogP contribution in [0.3, 0.4) is 0 Å². The van der Waals surface area contributed by atoms with Crippen LogP contribution in [-0.2, 0) is 18.7 Å². The average molecular weight is 484 g/mol. The predicted octanol–water partition coefficient (Wildman–Crippen LogP) is 6.39. The molecule has 0 N–H and O–H groups in total. The van der Waals surface area contributed by atoms with Gasteiger partial charge in [-0.3, -0.25) is 4.90 Å². The van der Waals surface area contributed by atoms with E-state index in [9.17, 15) is 9.59 Å². The first-order chi connectivity index (χ1) is 14.9. The van der Waals surface area contributed by atoms with E-state index in [-0.39, 0.29) is 23.2 Å². The van der Waals surface area contributed by atoms with Crippen molar-refractivity contribution >= 4 is 20.4 Å². The molecule has 0 aromatic heterocycles. The molecule has 0 aromatic carbocycles. The second-order valence-electron chi connectivity index (χ2n) is 13.2. The molecule has 1 saturated carbocycles. The zero-order valence-corrected chi connectivity index (χ0v) is 24.0. The van der Waals surface area contributed by atoms with E-state index < -0.39 is 26.1 Å². The summed E-state index contributed by atoms with van der Waals surface area (Å²) < 4.78 is 18.4. The number of hydrogen-bond acceptors (Lipinski definition) is 5. The molecule has 5 atom stereocenters. The molecule has 1 aliphatic carbocycles. The third kappa shape index (κ3) is 7.45. The lowest BCUT2D eigenvalue weighted by atomic mass is 9.75. The van der Waals surface area contributed by atoms with E-state index in [0.717, 1.165) is 12.8 Å². The van der Waals surface area contributed by atoms with Gasteiger partial charge in [0.15, 0.2) is 8.32 Å². The largest absolute Gasteiger partial charge is 0.461 e. The summed E-state index contributed by atoms with van der Waals surface area (Å²) in [5.74, 6) is 1.04. The molecular formula is C26H49NO5Si. The Kier molecular flexibility index (Phi) is 8.76. The molecule has 2 aliphatic rings. The van der Waals surface area contributed by atoms with Crippen LogP contribution in [0.1, 0.15) is 88.0 Å². The van der Waals surface area contributed by atoms with Gasteiger partial charge in [0.1, 0.15) is 17.7 Å². The quantitative estimate of drug-likeness (QED) is 0.335. The topological polar surface area (TPSA) is 65.1 Å². The van der Waals surface area contributed by atoms with Gasteiger partial charge in [-0.15, -0.1) is 0 Å². The van der Waals surface area contributed by atoms with Crippen molar-refractivity contribution in [1.82, 2.24) is 4.90 Å². The van der Waals surface area contributed by atoms with Crippen LogP contribution in [0, 0.1) is 17.8 Å². The molecule has 0 spiro atoms. The third-order valence-electron chi connectivity index (χ3n) is 7.66. The van der Waals surface area contributed by atoms with Gasteiger partial charge >= 0.3 is 12.1 Å². The molecular weight excluding hydrogens is 434 g/mol. The highest BCUT2D eigenvalue weighted by Gasteiger charge is 2.48. The van der Waals surface area contributed by atoms with Crippen LogP contribution in [0.25, 0.3) is 0 Å². The fourth-order valence-corrected chi connectivity index (χ4v) is 6.06. The normalized spacial score (nSPS) is 29.3. The van der Waals surface area contributed by atoms with E-state index in [0.29, 0.717) is 30.7 Å². The molecule has 7 heteroatoms. The van der Waals surface area contributed by atoms with Crippen molar-refractivity contribution in [2.45, 2.75) is 130 Å².